The highest BCUT2D eigenvalue weighted by Crippen LogP contribution is 2.39. The van der Waals surface area contributed by atoms with Gasteiger partial charge in [0.1, 0.15) is 4.90 Å². The number of hydrogen-bond donors (Lipinski definition) is 1. The molecule has 0 amide bonds. The van der Waals surface area contributed by atoms with Gasteiger partial charge in [-0.25, -0.2) is 8.42 Å². The van der Waals surface area contributed by atoms with Crippen molar-refractivity contribution in [2.45, 2.75) is 27.1 Å². The van der Waals surface area contributed by atoms with Crippen molar-refractivity contribution in [2.24, 2.45) is 12.8 Å². The van der Waals surface area contributed by atoms with Gasteiger partial charge in [-0.2, -0.15) is 0 Å². The molecule has 1 atom stereocenters. The summed E-state index contributed by atoms with van der Waals surface area (Å²) in [5, 5.41) is 1.19. The number of aryl methyl sites for hydroxylation is 1. The molecule has 0 aliphatic carbocycles. The third kappa shape index (κ3) is 3.26. The summed E-state index contributed by atoms with van der Waals surface area (Å²) in [6.07, 6.45) is 0. The van der Waals surface area contributed by atoms with Gasteiger partial charge in [0.05, 0.1) is 15.3 Å². The molecule has 0 saturated heterocycles. The van der Waals surface area contributed by atoms with Crippen molar-refractivity contribution in [3.63, 3.8) is 0 Å². The second kappa shape index (κ2) is 7.31. The molecule has 128 valence electrons. The summed E-state index contributed by atoms with van der Waals surface area (Å²) < 4.78 is 28.3. The van der Waals surface area contributed by atoms with Crippen molar-refractivity contribution in [3.05, 3.63) is 54.6 Å². The smallest absolute Gasteiger partial charge is 0.209 e. The van der Waals surface area contributed by atoms with Crippen LogP contribution in [0.3, 0.4) is 0 Å². The second-order valence-corrected chi connectivity index (χ2v) is 8.60. The van der Waals surface area contributed by atoms with Gasteiger partial charge in [-0.05, 0) is 25.1 Å². The Morgan fingerprint density at radius 3 is 2.25 bits per heavy atom. The maximum Gasteiger partial charge on any atom is 0.209 e. The van der Waals surface area contributed by atoms with Gasteiger partial charge in [0.15, 0.2) is 0 Å². The molecule has 7 heteroatoms. The molecule has 0 spiro atoms. The summed E-state index contributed by atoms with van der Waals surface area (Å²) >= 11 is 1.36. The van der Waals surface area contributed by atoms with Crippen molar-refractivity contribution in [3.8, 4) is 0 Å². The third-order valence-corrected chi connectivity index (χ3v) is 6.67. The lowest BCUT2D eigenvalue weighted by molar-refractivity contribution is 0.593. The molecule has 1 unspecified atom stereocenters. The van der Waals surface area contributed by atoms with Crippen LogP contribution >= 0.6 is 28.7 Å². The van der Waals surface area contributed by atoms with Crippen LogP contribution in [0.15, 0.2) is 69.4 Å². The van der Waals surface area contributed by atoms with E-state index in [-0.39, 0.29) is 22.4 Å². The van der Waals surface area contributed by atoms with Crippen LogP contribution in [0.1, 0.15) is 6.92 Å². The molecular formula is C17H19BrN2O2S2. The largest absolute Gasteiger partial charge is 0.338 e. The normalized spacial score (nSPS) is 12.8. The van der Waals surface area contributed by atoms with Crippen molar-refractivity contribution < 1.29 is 8.42 Å². The van der Waals surface area contributed by atoms with Gasteiger partial charge < -0.3 is 10.3 Å². The minimum Gasteiger partial charge on any atom is -0.338 e. The van der Waals surface area contributed by atoms with Crippen LogP contribution in [0.2, 0.25) is 0 Å². The minimum absolute atomic E-state index is 0. The molecule has 0 aliphatic rings. The standard InChI is InChI=1S/C17H18N2O2S2.BrH/c1-12(18)22-17-16(14-10-6-7-11-15(14)19(17)2)23(20,21)13-8-4-3-5-9-13;/h3-12H,18H2,1-2H3;1H. The molecule has 2 aromatic carbocycles. The van der Waals surface area contributed by atoms with Crippen LogP contribution in [0.4, 0.5) is 0 Å². The van der Waals surface area contributed by atoms with Gasteiger partial charge in [-0.3, -0.25) is 0 Å². The first-order chi connectivity index (χ1) is 10.9. The van der Waals surface area contributed by atoms with E-state index in [1.165, 1.54) is 11.8 Å². The second-order valence-electron chi connectivity index (χ2n) is 5.35. The number of thioether (sulfide) groups is 1. The molecule has 1 heterocycles. The predicted octanol–water partition coefficient (Wildman–Crippen LogP) is 3.99. The number of aromatic nitrogens is 1. The molecule has 3 aromatic rings. The van der Waals surface area contributed by atoms with Crippen LogP contribution in [-0.2, 0) is 16.9 Å². The summed E-state index contributed by atoms with van der Waals surface area (Å²) in [6.45, 7) is 1.85. The highest BCUT2D eigenvalue weighted by atomic mass is 79.9. The van der Waals surface area contributed by atoms with Crippen LogP contribution in [0, 0.1) is 0 Å². The first kappa shape index (κ1) is 19.1. The van der Waals surface area contributed by atoms with E-state index < -0.39 is 9.84 Å². The molecule has 3 rings (SSSR count). The fourth-order valence-corrected chi connectivity index (χ4v) is 5.50. The average Bonchev–Trinajstić information content (AvgIpc) is 2.81. The van der Waals surface area contributed by atoms with E-state index in [1.54, 1.807) is 30.3 Å². The molecule has 0 fully saturated rings. The van der Waals surface area contributed by atoms with E-state index in [4.69, 9.17) is 5.73 Å². The van der Waals surface area contributed by atoms with E-state index in [0.717, 1.165) is 10.9 Å². The SMILES string of the molecule is Br.CC(N)Sc1c(S(=O)(=O)c2ccccc2)c2ccccc2n1C. The van der Waals surface area contributed by atoms with Gasteiger partial charge in [-0.1, -0.05) is 48.2 Å². The van der Waals surface area contributed by atoms with Gasteiger partial charge in [-0.15, -0.1) is 17.0 Å². The molecule has 1 aromatic heterocycles. The zero-order valence-electron chi connectivity index (χ0n) is 13.3. The number of nitrogens with two attached hydrogens (primary N) is 1. The Kier molecular flexibility index (Phi) is 5.80. The minimum atomic E-state index is -3.62. The number of fused-ring (bicyclic) bond motifs is 1. The number of benzene rings is 2. The van der Waals surface area contributed by atoms with E-state index >= 15 is 0 Å². The Hall–Kier alpha value is -1.28. The Morgan fingerprint density at radius 2 is 1.62 bits per heavy atom. The highest BCUT2D eigenvalue weighted by molar-refractivity contribution is 8.93. The number of sulfone groups is 1. The van der Waals surface area contributed by atoms with Crippen molar-refractivity contribution in [2.75, 3.05) is 0 Å². The van der Waals surface area contributed by atoms with E-state index in [1.807, 2.05) is 42.8 Å². The first-order valence-electron chi connectivity index (χ1n) is 7.22. The predicted molar refractivity (Wildman–Crippen MR) is 105 cm³/mol. The number of rotatable bonds is 4. The maximum atomic E-state index is 13.2. The van der Waals surface area contributed by atoms with Gasteiger partial charge in [0, 0.05) is 18.0 Å². The lowest BCUT2D eigenvalue weighted by Gasteiger charge is -2.10. The van der Waals surface area contributed by atoms with Gasteiger partial charge in [0.2, 0.25) is 9.84 Å². The number of nitrogens with zero attached hydrogens (tertiary/aromatic N) is 1. The molecular weight excluding hydrogens is 408 g/mol. The number of hydrogen-bond acceptors (Lipinski definition) is 4. The molecule has 0 saturated carbocycles. The van der Waals surface area contributed by atoms with Crippen molar-refractivity contribution >= 4 is 49.5 Å². The van der Waals surface area contributed by atoms with Gasteiger partial charge in [0.25, 0.3) is 0 Å². The number of para-hydroxylation sites is 1. The maximum absolute atomic E-state index is 13.2. The quantitative estimate of drug-likeness (QED) is 0.505. The third-order valence-electron chi connectivity index (χ3n) is 3.63. The van der Waals surface area contributed by atoms with E-state index in [2.05, 4.69) is 0 Å². The fourth-order valence-electron chi connectivity index (χ4n) is 2.62. The van der Waals surface area contributed by atoms with Crippen molar-refractivity contribution in [1.29, 1.82) is 0 Å². The Bertz CT molecular complexity index is 951. The van der Waals surface area contributed by atoms with E-state index in [0.29, 0.717) is 14.8 Å². The summed E-state index contributed by atoms with van der Waals surface area (Å²) in [6, 6.07) is 16.0. The highest BCUT2D eigenvalue weighted by Gasteiger charge is 2.28. The van der Waals surface area contributed by atoms with Crippen LogP contribution in [0.25, 0.3) is 10.9 Å². The molecule has 0 bridgehead atoms. The molecule has 24 heavy (non-hydrogen) atoms. The zero-order valence-corrected chi connectivity index (χ0v) is 16.7. The van der Waals surface area contributed by atoms with E-state index in [9.17, 15) is 8.42 Å². The molecule has 0 aliphatic heterocycles. The molecule has 4 nitrogen and oxygen atoms in total. The van der Waals surface area contributed by atoms with Crippen molar-refractivity contribution in [1.82, 2.24) is 4.57 Å². The summed E-state index contributed by atoms with van der Waals surface area (Å²) in [7, 11) is -1.75. The molecule has 2 N–H and O–H groups in total. The summed E-state index contributed by atoms with van der Waals surface area (Å²) in [5.74, 6) is 0. The monoisotopic (exact) mass is 426 g/mol. The topological polar surface area (TPSA) is 65.1 Å². The van der Waals surface area contributed by atoms with Crippen LogP contribution in [-0.4, -0.2) is 18.4 Å². The van der Waals surface area contributed by atoms with Crippen LogP contribution < -0.4 is 5.73 Å². The lowest BCUT2D eigenvalue weighted by atomic mass is 10.2. The Balaban J connectivity index is 0.00000208. The van der Waals surface area contributed by atoms with Crippen LogP contribution in [0.5, 0.6) is 0 Å². The summed E-state index contributed by atoms with van der Waals surface area (Å²) in [5.41, 5.74) is 6.80. The Morgan fingerprint density at radius 1 is 1.04 bits per heavy atom. The lowest BCUT2D eigenvalue weighted by Crippen LogP contribution is -2.12. The average molecular weight is 427 g/mol. The molecule has 0 radical (unpaired) electrons. The number of halogens is 1. The summed E-state index contributed by atoms with van der Waals surface area (Å²) in [4.78, 5) is 0.631. The Labute approximate surface area is 156 Å². The fraction of sp³-hybridized carbons (Fsp3) is 0.176. The zero-order chi connectivity index (χ0) is 16.6. The first-order valence-corrected chi connectivity index (χ1v) is 9.59. The van der Waals surface area contributed by atoms with Gasteiger partial charge >= 0.3 is 0 Å².